The number of hydrogen-bond donors (Lipinski definition) is 1. The maximum Gasteiger partial charge on any atom is 0.253 e. The van der Waals surface area contributed by atoms with Gasteiger partial charge in [-0.1, -0.05) is 6.42 Å². The van der Waals surface area contributed by atoms with Crippen LogP contribution in [0.4, 0.5) is 5.82 Å². The molecule has 2 aromatic heterocycles. The number of anilines is 1. The number of carbonyl (C=O) groups excluding carboxylic acids is 1. The third-order valence-electron chi connectivity index (χ3n) is 4.94. The van der Waals surface area contributed by atoms with E-state index in [2.05, 4.69) is 30.0 Å². The van der Waals surface area contributed by atoms with E-state index in [1.165, 1.54) is 6.42 Å². The first-order valence-corrected chi connectivity index (χ1v) is 9.29. The minimum absolute atomic E-state index is 0.142. The van der Waals surface area contributed by atoms with E-state index in [9.17, 15) is 4.79 Å². The van der Waals surface area contributed by atoms with Gasteiger partial charge in [0.15, 0.2) is 5.82 Å². The van der Waals surface area contributed by atoms with E-state index in [1.807, 2.05) is 12.1 Å². The number of rotatable bonds is 4. The summed E-state index contributed by atoms with van der Waals surface area (Å²) in [4.78, 5) is 19.0. The van der Waals surface area contributed by atoms with Crippen LogP contribution < -0.4 is 10.2 Å². The molecule has 0 atom stereocenters. The maximum atomic E-state index is 12.4. The van der Waals surface area contributed by atoms with E-state index < -0.39 is 0 Å². The summed E-state index contributed by atoms with van der Waals surface area (Å²) in [5.74, 6) is 2.60. The Morgan fingerprint density at radius 3 is 2.81 bits per heavy atom. The van der Waals surface area contributed by atoms with E-state index >= 15 is 0 Å². The van der Waals surface area contributed by atoms with Crippen molar-refractivity contribution in [1.29, 1.82) is 0 Å². The van der Waals surface area contributed by atoms with Crippen LogP contribution in [0.3, 0.4) is 0 Å². The van der Waals surface area contributed by atoms with Crippen molar-refractivity contribution >= 4 is 11.7 Å². The Balaban J connectivity index is 1.37. The SMILES string of the molecule is O=C(NCc1nnc2n1CCCCC2)c1ccc(N2CCOCC2)nc1. The largest absolute Gasteiger partial charge is 0.378 e. The summed E-state index contributed by atoms with van der Waals surface area (Å²) in [6, 6.07) is 3.71. The quantitative estimate of drug-likeness (QED) is 0.885. The minimum atomic E-state index is -0.142. The fraction of sp³-hybridized carbons (Fsp3) is 0.556. The number of aromatic nitrogens is 4. The number of nitrogens with one attached hydrogen (secondary N) is 1. The van der Waals surface area contributed by atoms with E-state index in [1.54, 1.807) is 6.20 Å². The van der Waals surface area contributed by atoms with Gasteiger partial charge in [-0.15, -0.1) is 10.2 Å². The molecule has 138 valence electrons. The molecule has 0 aromatic carbocycles. The summed E-state index contributed by atoms with van der Waals surface area (Å²) in [6.07, 6.45) is 6.11. The van der Waals surface area contributed by atoms with E-state index in [0.717, 1.165) is 56.4 Å². The third-order valence-corrected chi connectivity index (χ3v) is 4.94. The molecule has 1 amide bonds. The van der Waals surface area contributed by atoms with Gasteiger partial charge in [-0.3, -0.25) is 4.79 Å². The second kappa shape index (κ2) is 7.82. The van der Waals surface area contributed by atoms with Crippen molar-refractivity contribution in [2.45, 2.75) is 38.8 Å². The zero-order chi connectivity index (χ0) is 17.8. The van der Waals surface area contributed by atoms with E-state index in [4.69, 9.17) is 4.74 Å². The van der Waals surface area contributed by atoms with Crippen LogP contribution in [0, 0.1) is 0 Å². The molecule has 8 nitrogen and oxygen atoms in total. The smallest absolute Gasteiger partial charge is 0.253 e. The zero-order valence-corrected chi connectivity index (χ0v) is 14.9. The Hall–Kier alpha value is -2.48. The van der Waals surface area contributed by atoms with E-state index in [-0.39, 0.29) is 5.91 Å². The summed E-state index contributed by atoms with van der Waals surface area (Å²) < 4.78 is 7.50. The van der Waals surface area contributed by atoms with Crippen molar-refractivity contribution in [3.63, 3.8) is 0 Å². The molecule has 0 aliphatic carbocycles. The zero-order valence-electron chi connectivity index (χ0n) is 14.9. The average Bonchev–Trinajstić information content (AvgIpc) is 2.93. The van der Waals surface area contributed by atoms with Crippen molar-refractivity contribution in [2.24, 2.45) is 0 Å². The van der Waals surface area contributed by atoms with Gasteiger partial charge in [-0.25, -0.2) is 4.98 Å². The van der Waals surface area contributed by atoms with Gasteiger partial charge in [0, 0.05) is 32.3 Å². The molecule has 0 radical (unpaired) electrons. The van der Waals surface area contributed by atoms with Gasteiger partial charge in [-0.2, -0.15) is 0 Å². The van der Waals surface area contributed by atoms with Gasteiger partial charge in [0.1, 0.15) is 11.6 Å². The lowest BCUT2D eigenvalue weighted by atomic mass is 10.2. The molecule has 2 aliphatic rings. The number of pyridine rings is 1. The van der Waals surface area contributed by atoms with Gasteiger partial charge in [0.05, 0.1) is 25.3 Å². The molecule has 26 heavy (non-hydrogen) atoms. The first-order valence-electron chi connectivity index (χ1n) is 9.29. The van der Waals surface area contributed by atoms with Crippen LogP contribution in [0.5, 0.6) is 0 Å². The lowest BCUT2D eigenvalue weighted by Crippen LogP contribution is -2.36. The molecule has 0 saturated carbocycles. The summed E-state index contributed by atoms with van der Waals surface area (Å²) in [5, 5.41) is 11.4. The summed E-state index contributed by atoms with van der Waals surface area (Å²) >= 11 is 0. The number of amides is 1. The number of aryl methyl sites for hydroxylation is 1. The van der Waals surface area contributed by atoms with Gasteiger partial charge in [0.25, 0.3) is 5.91 Å². The number of morpholine rings is 1. The Bertz CT molecular complexity index is 752. The highest BCUT2D eigenvalue weighted by atomic mass is 16.5. The first kappa shape index (κ1) is 17.0. The molecule has 0 unspecified atom stereocenters. The van der Waals surface area contributed by atoms with Crippen LogP contribution >= 0.6 is 0 Å². The van der Waals surface area contributed by atoms with Crippen LogP contribution in [0.25, 0.3) is 0 Å². The Kier molecular flexibility index (Phi) is 5.10. The number of ether oxygens (including phenoxy) is 1. The molecule has 1 N–H and O–H groups in total. The summed E-state index contributed by atoms with van der Waals surface area (Å²) in [5.41, 5.74) is 0.553. The summed E-state index contributed by atoms with van der Waals surface area (Å²) in [6.45, 7) is 4.41. The predicted molar refractivity (Wildman–Crippen MR) is 96.0 cm³/mol. The normalized spacial score (nSPS) is 17.5. The Morgan fingerprint density at radius 1 is 1.12 bits per heavy atom. The first-order chi connectivity index (χ1) is 12.8. The van der Waals surface area contributed by atoms with Crippen LogP contribution in [0.15, 0.2) is 18.3 Å². The van der Waals surface area contributed by atoms with Gasteiger partial charge in [-0.05, 0) is 25.0 Å². The number of carbonyl (C=O) groups is 1. The Morgan fingerprint density at radius 2 is 2.00 bits per heavy atom. The number of fused-ring (bicyclic) bond motifs is 1. The molecule has 8 heteroatoms. The molecule has 1 saturated heterocycles. The van der Waals surface area contributed by atoms with Gasteiger partial charge in [0.2, 0.25) is 0 Å². The lowest BCUT2D eigenvalue weighted by Gasteiger charge is -2.27. The molecule has 4 heterocycles. The van der Waals surface area contributed by atoms with Crippen molar-refractivity contribution in [3.8, 4) is 0 Å². The molecule has 2 aliphatic heterocycles. The second-order valence-electron chi connectivity index (χ2n) is 6.68. The van der Waals surface area contributed by atoms with E-state index in [0.29, 0.717) is 25.3 Å². The highest BCUT2D eigenvalue weighted by Crippen LogP contribution is 2.15. The summed E-state index contributed by atoms with van der Waals surface area (Å²) in [7, 11) is 0. The maximum absolute atomic E-state index is 12.4. The van der Waals surface area contributed by atoms with Crippen molar-refractivity contribution < 1.29 is 9.53 Å². The topological polar surface area (TPSA) is 85.2 Å². The Labute approximate surface area is 152 Å². The van der Waals surface area contributed by atoms with Crippen molar-refractivity contribution in [2.75, 3.05) is 31.2 Å². The highest BCUT2D eigenvalue weighted by molar-refractivity contribution is 5.93. The molecular formula is C18H24N6O2. The molecular weight excluding hydrogens is 332 g/mol. The molecule has 0 spiro atoms. The minimum Gasteiger partial charge on any atom is -0.378 e. The highest BCUT2D eigenvalue weighted by Gasteiger charge is 2.16. The average molecular weight is 356 g/mol. The molecule has 0 bridgehead atoms. The van der Waals surface area contributed by atoms with Crippen LogP contribution in [-0.2, 0) is 24.2 Å². The number of hydrogen-bond acceptors (Lipinski definition) is 6. The third kappa shape index (κ3) is 3.70. The molecule has 4 rings (SSSR count). The van der Waals surface area contributed by atoms with Crippen LogP contribution in [-0.4, -0.2) is 52.0 Å². The lowest BCUT2D eigenvalue weighted by molar-refractivity contribution is 0.0949. The van der Waals surface area contributed by atoms with Crippen molar-refractivity contribution in [1.82, 2.24) is 25.1 Å². The molecule has 2 aromatic rings. The second-order valence-corrected chi connectivity index (χ2v) is 6.68. The van der Waals surface area contributed by atoms with Gasteiger partial charge < -0.3 is 19.5 Å². The molecule has 1 fully saturated rings. The predicted octanol–water partition coefficient (Wildman–Crippen LogP) is 1.17. The number of nitrogens with zero attached hydrogens (tertiary/aromatic N) is 5. The fourth-order valence-corrected chi connectivity index (χ4v) is 3.44. The van der Waals surface area contributed by atoms with Gasteiger partial charge >= 0.3 is 0 Å². The van der Waals surface area contributed by atoms with Crippen molar-refractivity contribution in [3.05, 3.63) is 35.5 Å². The monoisotopic (exact) mass is 356 g/mol. The van der Waals surface area contributed by atoms with Crippen LogP contribution in [0.2, 0.25) is 0 Å². The standard InChI is InChI=1S/C18H24N6O2/c25-18(14-5-6-15(19-12-14)23-8-10-26-11-9-23)20-13-17-22-21-16-4-2-1-3-7-24(16)17/h5-6,12H,1-4,7-11,13H2,(H,20,25). The van der Waals surface area contributed by atoms with Crippen LogP contribution in [0.1, 0.15) is 41.3 Å². The fourth-order valence-electron chi connectivity index (χ4n) is 3.44.